The molecule has 138 valence electrons. The maximum absolute atomic E-state index is 13.0. The number of carbonyl (C=O) groups excluding carboxylic acids is 2. The van der Waals surface area contributed by atoms with Crippen LogP contribution >= 0.6 is 11.6 Å². The number of halogens is 1. The number of piperidine rings is 1. The Balaban J connectivity index is 1.79. The van der Waals surface area contributed by atoms with E-state index in [1.165, 1.54) is 0 Å². The zero-order chi connectivity index (χ0) is 19.0. The highest BCUT2D eigenvalue weighted by atomic mass is 35.5. The number of nitrogens with zero attached hydrogens (tertiary/aromatic N) is 2. The van der Waals surface area contributed by atoms with E-state index in [2.05, 4.69) is 4.99 Å². The zero-order valence-electron chi connectivity index (χ0n) is 14.8. The number of hydrogen-bond donors (Lipinski definition) is 1. The van der Waals surface area contributed by atoms with Crippen molar-refractivity contribution in [2.45, 2.75) is 12.8 Å². The Bertz CT molecular complexity index is 907. The van der Waals surface area contributed by atoms with Crippen molar-refractivity contribution >= 4 is 34.7 Å². The average Bonchev–Trinajstić information content (AvgIpc) is 2.68. The Hall–Kier alpha value is -2.66. The SMILES string of the molecule is NC(=O)C1CCN(C2=C(c3ccccc3)C3C=C(Cl)C=CC3=NC2=O)CC1. The van der Waals surface area contributed by atoms with E-state index in [9.17, 15) is 9.59 Å². The molecule has 2 N–H and O–H groups in total. The van der Waals surface area contributed by atoms with Crippen molar-refractivity contribution in [2.24, 2.45) is 22.6 Å². The van der Waals surface area contributed by atoms with Crippen LogP contribution in [0.25, 0.3) is 5.57 Å². The maximum Gasteiger partial charge on any atom is 0.293 e. The number of nitrogens with two attached hydrogens (primary N) is 1. The van der Waals surface area contributed by atoms with Crippen LogP contribution in [0, 0.1) is 11.8 Å². The number of aliphatic imine (C=N–C) groups is 1. The van der Waals surface area contributed by atoms with E-state index in [4.69, 9.17) is 17.3 Å². The highest BCUT2D eigenvalue weighted by Gasteiger charge is 2.36. The molecule has 1 unspecified atom stereocenters. The molecule has 1 aliphatic carbocycles. The van der Waals surface area contributed by atoms with Crippen LogP contribution in [0.5, 0.6) is 0 Å². The van der Waals surface area contributed by atoms with E-state index in [0.29, 0.717) is 42.4 Å². The normalized spacial score (nSPS) is 23.1. The van der Waals surface area contributed by atoms with E-state index in [1.54, 1.807) is 6.08 Å². The predicted molar refractivity (Wildman–Crippen MR) is 106 cm³/mol. The first-order chi connectivity index (χ1) is 13.0. The van der Waals surface area contributed by atoms with Crippen LogP contribution in [0.1, 0.15) is 18.4 Å². The number of hydrogen-bond acceptors (Lipinski definition) is 3. The van der Waals surface area contributed by atoms with Gasteiger partial charge in [-0.1, -0.05) is 48.0 Å². The van der Waals surface area contributed by atoms with Crippen LogP contribution < -0.4 is 5.73 Å². The minimum atomic E-state index is -0.269. The predicted octanol–water partition coefficient (Wildman–Crippen LogP) is 2.88. The summed E-state index contributed by atoms with van der Waals surface area (Å²) < 4.78 is 0. The van der Waals surface area contributed by atoms with Crippen molar-refractivity contribution < 1.29 is 9.59 Å². The fourth-order valence-corrected chi connectivity index (χ4v) is 4.16. The Labute approximate surface area is 162 Å². The second kappa shape index (κ2) is 7.16. The summed E-state index contributed by atoms with van der Waals surface area (Å²) in [5, 5.41) is 0.633. The van der Waals surface area contributed by atoms with Crippen molar-refractivity contribution in [3.63, 3.8) is 0 Å². The first-order valence-electron chi connectivity index (χ1n) is 9.07. The zero-order valence-corrected chi connectivity index (χ0v) is 15.5. The lowest BCUT2D eigenvalue weighted by Gasteiger charge is -2.37. The van der Waals surface area contributed by atoms with Gasteiger partial charge >= 0.3 is 0 Å². The summed E-state index contributed by atoms with van der Waals surface area (Å²) in [4.78, 5) is 30.8. The Morgan fingerprint density at radius 1 is 1.15 bits per heavy atom. The van der Waals surface area contributed by atoms with E-state index in [-0.39, 0.29) is 23.7 Å². The highest BCUT2D eigenvalue weighted by molar-refractivity contribution is 6.33. The van der Waals surface area contributed by atoms with Crippen LogP contribution in [-0.2, 0) is 9.59 Å². The molecule has 0 aromatic heterocycles. The van der Waals surface area contributed by atoms with E-state index < -0.39 is 0 Å². The smallest absolute Gasteiger partial charge is 0.293 e. The van der Waals surface area contributed by atoms with Gasteiger partial charge in [-0.2, -0.15) is 0 Å². The van der Waals surface area contributed by atoms with Gasteiger partial charge in [0.25, 0.3) is 5.91 Å². The molecule has 1 fully saturated rings. The summed E-state index contributed by atoms with van der Waals surface area (Å²) in [6, 6.07) is 9.87. The fraction of sp³-hybridized carbons (Fsp3) is 0.286. The number of benzene rings is 1. The molecule has 4 rings (SSSR count). The summed E-state index contributed by atoms with van der Waals surface area (Å²) >= 11 is 6.26. The van der Waals surface area contributed by atoms with Crippen LogP contribution in [0.4, 0.5) is 0 Å². The molecule has 0 spiro atoms. The van der Waals surface area contributed by atoms with Gasteiger partial charge in [-0.25, -0.2) is 4.99 Å². The summed E-state index contributed by atoms with van der Waals surface area (Å²) in [5.74, 6) is -0.804. The number of amides is 2. The van der Waals surface area contributed by atoms with Crippen LogP contribution in [0.15, 0.2) is 64.3 Å². The fourth-order valence-electron chi connectivity index (χ4n) is 3.97. The van der Waals surface area contributed by atoms with Crippen molar-refractivity contribution in [3.8, 4) is 0 Å². The first-order valence-corrected chi connectivity index (χ1v) is 9.44. The molecule has 27 heavy (non-hydrogen) atoms. The number of dihydropyridines is 1. The number of rotatable bonds is 3. The van der Waals surface area contributed by atoms with E-state index in [0.717, 1.165) is 11.1 Å². The highest BCUT2D eigenvalue weighted by Crippen LogP contribution is 2.38. The lowest BCUT2D eigenvalue weighted by molar-refractivity contribution is -0.123. The van der Waals surface area contributed by atoms with Crippen LogP contribution in [0.2, 0.25) is 0 Å². The number of fused-ring (bicyclic) bond motifs is 1. The molecule has 1 aromatic rings. The summed E-state index contributed by atoms with van der Waals surface area (Å²) in [6.45, 7) is 1.21. The van der Waals surface area contributed by atoms with Crippen LogP contribution in [-0.4, -0.2) is 35.5 Å². The molecule has 5 nitrogen and oxygen atoms in total. The standard InChI is InChI=1S/C21H20ClN3O2/c22-15-6-7-17-16(12-15)18(13-4-2-1-3-5-13)19(21(27)24-17)25-10-8-14(9-11-25)20(23)26/h1-7,12,14,16H,8-11H2,(H2,23,26). The number of allylic oxidation sites excluding steroid dienone is 5. The third-order valence-corrected chi connectivity index (χ3v) is 5.61. The first kappa shape index (κ1) is 17.7. The molecule has 3 aliphatic rings. The van der Waals surface area contributed by atoms with Crippen molar-refractivity contribution in [1.29, 1.82) is 0 Å². The van der Waals surface area contributed by atoms with Gasteiger partial charge in [0.05, 0.1) is 5.71 Å². The van der Waals surface area contributed by atoms with Crippen molar-refractivity contribution in [1.82, 2.24) is 4.90 Å². The van der Waals surface area contributed by atoms with Gasteiger partial charge in [-0.3, -0.25) is 9.59 Å². The van der Waals surface area contributed by atoms with Crippen molar-refractivity contribution in [3.05, 3.63) is 64.9 Å². The molecular weight excluding hydrogens is 362 g/mol. The number of likely N-dealkylation sites (tertiary alicyclic amines) is 1. The van der Waals surface area contributed by atoms with Gasteiger partial charge in [-0.05, 0) is 30.6 Å². The summed E-state index contributed by atoms with van der Waals surface area (Å²) in [5.41, 5.74) is 8.66. The lowest BCUT2D eigenvalue weighted by atomic mass is 9.82. The minimum Gasteiger partial charge on any atom is -0.369 e. The topological polar surface area (TPSA) is 75.8 Å². The molecule has 0 saturated carbocycles. The Morgan fingerprint density at radius 2 is 1.85 bits per heavy atom. The molecule has 2 amide bonds. The maximum atomic E-state index is 13.0. The molecule has 6 heteroatoms. The second-order valence-electron chi connectivity index (χ2n) is 7.00. The number of carbonyl (C=O) groups is 2. The van der Waals surface area contributed by atoms with Gasteiger partial charge in [0.1, 0.15) is 5.70 Å². The van der Waals surface area contributed by atoms with Gasteiger partial charge in [0.2, 0.25) is 5.91 Å². The summed E-state index contributed by atoms with van der Waals surface area (Å²) in [7, 11) is 0. The molecule has 0 radical (unpaired) electrons. The summed E-state index contributed by atoms with van der Waals surface area (Å²) in [6.07, 6.45) is 6.79. The lowest BCUT2D eigenvalue weighted by Crippen LogP contribution is -2.41. The molecule has 1 atom stereocenters. The van der Waals surface area contributed by atoms with Gasteiger partial charge < -0.3 is 10.6 Å². The van der Waals surface area contributed by atoms with Gasteiger partial charge in [0, 0.05) is 35.5 Å². The van der Waals surface area contributed by atoms with Gasteiger partial charge in [0.15, 0.2) is 0 Å². The third-order valence-electron chi connectivity index (χ3n) is 5.36. The molecule has 0 bridgehead atoms. The van der Waals surface area contributed by atoms with E-state index in [1.807, 2.05) is 47.4 Å². The number of primary amides is 1. The van der Waals surface area contributed by atoms with Crippen LogP contribution in [0.3, 0.4) is 0 Å². The molecule has 2 heterocycles. The Kier molecular flexibility index (Phi) is 4.70. The third kappa shape index (κ3) is 3.35. The minimum absolute atomic E-state index is 0.133. The van der Waals surface area contributed by atoms with Gasteiger partial charge in [-0.15, -0.1) is 0 Å². The molecular formula is C21H20ClN3O2. The molecule has 2 aliphatic heterocycles. The Morgan fingerprint density at radius 3 is 2.52 bits per heavy atom. The van der Waals surface area contributed by atoms with E-state index >= 15 is 0 Å². The molecule has 1 aromatic carbocycles. The average molecular weight is 382 g/mol. The largest absolute Gasteiger partial charge is 0.369 e. The second-order valence-corrected chi connectivity index (χ2v) is 7.43. The molecule has 1 saturated heterocycles. The monoisotopic (exact) mass is 381 g/mol. The van der Waals surface area contributed by atoms with Crippen molar-refractivity contribution in [2.75, 3.05) is 13.1 Å². The quantitative estimate of drug-likeness (QED) is 0.874.